The average molecular weight is 385 g/mol. The highest BCUT2D eigenvalue weighted by Gasteiger charge is 2.31. The standard InChI is InChI=1S/C19H24N6OS/c1-4-25-10-9-16(13(2)12-25)24(3)19(26)21-18-23-22-17(27-18)15-7-5-14(11-20)6-8-15/h5-8,13,16H,4,9-10,12H2,1-3H3,(H,21,23,26). The monoisotopic (exact) mass is 384 g/mol. The lowest BCUT2D eigenvalue weighted by Crippen LogP contribution is -2.51. The fraction of sp³-hybridized carbons (Fsp3) is 0.474. The minimum Gasteiger partial charge on any atom is -0.324 e. The molecule has 2 unspecified atom stereocenters. The quantitative estimate of drug-likeness (QED) is 0.874. The van der Waals surface area contributed by atoms with E-state index < -0.39 is 0 Å². The Morgan fingerprint density at radius 1 is 1.41 bits per heavy atom. The normalized spacial score (nSPS) is 20.1. The summed E-state index contributed by atoms with van der Waals surface area (Å²) in [5.41, 5.74) is 1.47. The van der Waals surface area contributed by atoms with Crippen LogP contribution in [0.1, 0.15) is 25.8 Å². The maximum atomic E-state index is 12.6. The highest BCUT2D eigenvalue weighted by atomic mass is 32.1. The van der Waals surface area contributed by atoms with Gasteiger partial charge in [-0.25, -0.2) is 4.79 Å². The first-order chi connectivity index (χ1) is 13.0. The Hall–Kier alpha value is -2.50. The molecule has 1 aliphatic rings. The summed E-state index contributed by atoms with van der Waals surface area (Å²) < 4.78 is 0. The van der Waals surface area contributed by atoms with Gasteiger partial charge in [0.1, 0.15) is 5.01 Å². The molecule has 27 heavy (non-hydrogen) atoms. The Morgan fingerprint density at radius 3 is 2.78 bits per heavy atom. The van der Waals surface area contributed by atoms with Crippen LogP contribution in [0.2, 0.25) is 0 Å². The van der Waals surface area contributed by atoms with Gasteiger partial charge in [-0.2, -0.15) is 5.26 Å². The van der Waals surface area contributed by atoms with E-state index in [-0.39, 0.29) is 12.1 Å². The summed E-state index contributed by atoms with van der Waals surface area (Å²) in [5.74, 6) is 0.429. The van der Waals surface area contributed by atoms with Crippen molar-refractivity contribution >= 4 is 22.5 Å². The fourth-order valence-electron chi connectivity index (χ4n) is 3.49. The van der Waals surface area contributed by atoms with Gasteiger partial charge in [-0.3, -0.25) is 5.32 Å². The van der Waals surface area contributed by atoms with Gasteiger partial charge < -0.3 is 9.80 Å². The van der Waals surface area contributed by atoms with E-state index in [1.165, 1.54) is 11.3 Å². The second kappa shape index (κ2) is 8.46. The number of benzene rings is 1. The molecule has 2 atom stereocenters. The smallest absolute Gasteiger partial charge is 0.323 e. The summed E-state index contributed by atoms with van der Waals surface area (Å²) in [6.45, 7) is 7.45. The summed E-state index contributed by atoms with van der Waals surface area (Å²) in [6.07, 6.45) is 0.978. The lowest BCUT2D eigenvalue weighted by Gasteiger charge is -2.40. The summed E-state index contributed by atoms with van der Waals surface area (Å²) in [7, 11) is 1.85. The number of piperidine rings is 1. The van der Waals surface area contributed by atoms with Crippen LogP contribution in [0, 0.1) is 17.2 Å². The van der Waals surface area contributed by atoms with Crippen molar-refractivity contribution in [2.45, 2.75) is 26.3 Å². The minimum atomic E-state index is -0.153. The Kier molecular flexibility index (Phi) is 6.04. The van der Waals surface area contributed by atoms with Gasteiger partial charge in [0.15, 0.2) is 0 Å². The molecule has 2 amide bonds. The summed E-state index contributed by atoms with van der Waals surface area (Å²) >= 11 is 1.32. The molecule has 142 valence electrons. The molecule has 7 nitrogen and oxygen atoms in total. The van der Waals surface area contributed by atoms with Gasteiger partial charge in [0.2, 0.25) is 5.13 Å². The van der Waals surface area contributed by atoms with Crippen molar-refractivity contribution in [2.24, 2.45) is 5.92 Å². The van der Waals surface area contributed by atoms with E-state index in [0.29, 0.717) is 21.6 Å². The molecule has 1 fully saturated rings. The molecule has 1 aromatic carbocycles. The highest BCUT2D eigenvalue weighted by molar-refractivity contribution is 7.18. The van der Waals surface area contributed by atoms with E-state index in [1.54, 1.807) is 17.0 Å². The van der Waals surface area contributed by atoms with E-state index >= 15 is 0 Å². The SMILES string of the molecule is CCN1CCC(N(C)C(=O)Nc2nnc(-c3ccc(C#N)cc3)s2)C(C)C1. The van der Waals surface area contributed by atoms with E-state index in [4.69, 9.17) is 5.26 Å². The molecule has 1 aliphatic heterocycles. The zero-order chi connectivity index (χ0) is 19.4. The molecule has 0 spiro atoms. The minimum absolute atomic E-state index is 0.153. The topological polar surface area (TPSA) is 85.2 Å². The molecule has 0 radical (unpaired) electrons. The number of likely N-dealkylation sites (tertiary alicyclic amines) is 1. The zero-order valence-electron chi connectivity index (χ0n) is 15.8. The molecule has 2 aromatic rings. The third-order valence-electron chi connectivity index (χ3n) is 5.11. The molecule has 0 saturated carbocycles. The van der Waals surface area contributed by atoms with Crippen molar-refractivity contribution in [2.75, 3.05) is 32.0 Å². The molecule has 8 heteroatoms. The Bertz CT molecular complexity index is 827. The first kappa shape index (κ1) is 19.3. The van der Waals surface area contributed by atoms with Gasteiger partial charge in [0.05, 0.1) is 11.6 Å². The Morgan fingerprint density at radius 2 is 2.15 bits per heavy atom. The maximum absolute atomic E-state index is 12.6. The van der Waals surface area contributed by atoms with Gasteiger partial charge in [0, 0.05) is 31.7 Å². The molecule has 0 aliphatic carbocycles. The molecule has 0 bridgehead atoms. The van der Waals surface area contributed by atoms with E-state index in [0.717, 1.165) is 31.6 Å². The first-order valence-electron chi connectivity index (χ1n) is 9.12. The van der Waals surface area contributed by atoms with Crippen LogP contribution in [0.5, 0.6) is 0 Å². The van der Waals surface area contributed by atoms with Crippen LogP contribution in [-0.4, -0.2) is 58.8 Å². The summed E-state index contributed by atoms with van der Waals surface area (Å²) in [5, 5.41) is 21.2. The second-order valence-electron chi connectivity index (χ2n) is 6.87. The number of amides is 2. The molecule has 1 aromatic heterocycles. The van der Waals surface area contributed by atoms with E-state index in [9.17, 15) is 4.79 Å². The number of nitriles is 1. The third-order valence-corrected chi connectivity index (χ3v) is 6.00. The Balaban J connectivity index is 1.62. The number of nitrogens with zero attached hydrogens (tertiary/aromatic N) is 5. The molecule has 1 saturated heterocycles. The fourth-order valence-corrected chi connectivity index (χ4v) is 4.23. The zero-order valence-corrected chi connectivity index (χ0v) is 16.7. The molecular formula is C19H24N6OS. The average Bonchev–Trinajstić information content (AvgIpc) is 3.15. The van der Waals surface area contributed by atoms with E-state index in [2.05, 4.69) is 40.3 Å². The Labute approximate surface area is 163 Å². The number of carbonyl (C=O) groups excluding carboxylic acids is 1. The maximum Gasteiger partial charge on any atom is 0.323 e. The molecular weight excluding hydrogens is 360 g/mol. The number of anilines is 1. The number of hydrogen-bond donors (Lipinski definition) is 1. The van der Waals surface area contributed by atoms with Crippen LogP contribution >= 0.6 is 11.3 Å². The number of rotatable bonds is 4. The lowest BCUT2D eigenvalue weighted by molar-refractivity contribution is 0.101. The summed E-state index contributed by atoms with van der Waals surface area (Å²) in [4.78, 5) is 16.9. The van der Waals surface area contributed by atoms with Crippen molar-refractivity contribution in [3.8, 4) is 16.6 Å². The molecule has 3 rings (SSSR count). The number of hydrogen-bond acceptors (Lipinski definition) is 6. The van der Waals surface area contributed by atoms with Crippen LogP contribution in [0.4, 0.5) is 9.93 Å². The largest absolute Gasteiger partial charge is 0.324 e. The van der Waals surface area contributed by atoms with Crippen molar-refractivity contribution in [3.63, 3.8) is 0 Å². The van der Waals surface area contributed by atoms with E-state index in [1.807, 2.05) is 19.2 Å². The van der Waals surface area contributed by atoms with Gasteiger partial charge >= 0.3 is 6.03 Å². The van der Waals surface area contributed by atoms with Gasteiger partial charge in [-0.05, 0) is 31.0 Å². The van der Waals surface area contributed by atoms with Crippen molar-refractivity contribution < 1.29 is 4.79 Å². The first-order valence-corrected chi connectivity index (χ1v) is 9.93. The lowest BCUT2D eigenvalue weighted by atomic mass is 9.93. The van der Waals surface area contributed by atoms with Gasteiger partial charge in [-0.15, -0.1) is 10.2 Å². The van der Waals surface area contributed by atoms with Crippen LogP contribution < -0.4 is 5.32 Å². The van der Waals surface area contributed by atoms with Crippen LogP contribution in [-0.2, 0) is 0 Å². The second-order valence-corrected chi connectivity index (χ2v) is 7.85. The number of carbonyl (C=O) groups is 1. The highest BCUT2D eigenvalue weighted by Crippen LogP contribution is 2.27. The van der Waals surface area contributed by atoms with Crippen LogP contribution in [0.25, 0.3) is 10.6 Å². The van der Waals surface area contributed by atoms with Crippen molar-refractivity contribution in [1.29, 1.82) is 5.26 Å². The van der Waals surface area contributed by atoms with Crippen LogP contribution in [0.3, 0.4) is 0 Å². The van der Waals surface area contributed by atoms with Crippen molar-refractivity contribution in [3.05, 3.63) is 29.8 Å². The molecule has 2 heterocycles. The van der Waals surface area contributed by atoms with Gasteiger partial charge in [0.25, 0.3) is 0 Å². The third kappa shape index (κ3) is 4.43. The van der Waals surface area contributed by atoms with Gasteiger partial charge in [-0.1, -0.05) is 37.3 Å². The summed E-state index contributed by atoms with van der Waals surface area (Å²) in [6, 6.07) is 9.31. The number of nitrogens with one attached hydrogen (secondary N) is 1. The molecule has 1 N–H and O–H groups in total. The predicted molar refractivity (Wildman–Crippen MR) is 107 cm³/mol. The number of urea groups is 1. The predicted octanol–water partition coefficient (Wildman–Crippen LogP) is 3.27. The van der Waals surface area contributed by atoms with Crippen molar-refractivity contribution in [1.82, 2.24) is 20.0 Å². The number of aromatic nitrogens is 2. The van der Waals surface area contributed by atoms with Crippen LogP contribution in [0.15, 0.2) is 24.3 Å².